The van der Waals surface area contributed by atoms with Crippen molar-refractivity contribution in [3.05, 3.63) is 0 Å². The summed E-state index contributed by atoms with van der Waals surface area (Å²) in [6, 6.07) is -1.20. The number of carboxylic acids is 1. The van der Waals surface area contributed by atoms with Crippen LogP contribution in [0.2, 0.25) is 0 Å². The average molecular weight is 320 g/mol. The van der Waals surface area contributed by atoms with Crippen molar-refractivity contribution in [2.24, 2.45) is 0 Å². The second-order valence-electron chi connectivity index (χ2n) is 5.89. The molecular weight excluding hydrogens is 296 g/mol. The van der Waals surface area contributed by atoms with Crippen LogP contribution in [0, 0.1) is 0 Å². The zero-order chi connectivity index (χ0) is 16.1. The third-order valence-corrected chi connectivity index (χ3v) is 4.76. The summed E-state index contributed by atoms with van der Waals surface area (Å²) in [4.78, 5) is 23.5. The van der Waals surface area contributed by atoms with Crippen molar-refractivity contribution in [3.8, 4) is 0 Å². The first kappa shape index (κ1) is 17.7. The Bertz CT molecular complexity index is 481. The third kappa shape index (κ3) is 5.91. The number of nitrogens with one attached hydrogen (secondary N) is 2. The molecule has 2 amide bonds. The molecule has 1 unspecified atom stereocenters. The molecule has 0 aromatic carbocycles. The van der Waals surface area contributed by atoms with Gasteiger partial charge >= 0.3 is 12.0 Å². The number of amides is 2. The fourth-order valence-corrected chi connectivity index (χ4v) is 3.69. The molecule has 0 aliphatic heterocycles. The topological polar surface area (TPSA) is 113 Å². The van der Waals surface area contributed by atoms with Gasteiger partial charge in [-0.05, 0) is 19.8 Å². The first-order valence-electron chi connectivity index (χ1n) is 7.14. The molecule has 0 aromatic rings. The highest BCUT2D eigenvalue weighted by Gasteiger charge is 2.40. The number of aliphatic carboxylic acids is 1. The second kappa shape index (κ2) is 7.11. The Morgan fingerprint density at radius 1 is 1.19 bits per heavy atom. The SMILES string of the molecule is CC(CS(C)(=O)=O)NC(=O)NC1(C(=O)O)CCCCCC1. The predicted octanol–water partition coefficient (Wildman–Crippen LogP) is 0.896. The number of carboxylic acid groups (broad SMARTS) is 1. The van der Waals surface area contributed by atoms with E-state index in [0.717, 1.165) is 31.9 Å². The number of hydrogen-bond acceptors (Lipinski definition) is 4. The number of carbonyl (C=O) groups is 2. The zero-order valence-electron chi connectivity index (χ0n) is 12.5. The molecule has 1 aliphatic rings. The molecule has 0 heterocycles. The summed E-state index contributed by atoms with van der Waals surface area (Å²) in [5, 5.41) is 14.5. The number of hydrogen-bond donors (Lipinski definition) is 3. The fourth-order valence-electron chi connectivity index (χ4n) is 2.70. The van der Waals surface area contributed by atoms with Crippen LogP contribution >= 0.6 is 0 Å². The van der Waals surface area contributed by atoms with E-state index < -0.39 is 33.4 Å². The van der Waals surface area contributed by atoms with Gasteiger partial charge in [0.2, 0.25) is 0 Å². The molecule has 0 aromatic heterocycles. The van der Waals surface area contributed by atoms with Crippen LogP contribution in [0.4, 0.5) is 4.79 Å². The van der Waals surface area contributed by atoms with Gasteiger partial charge in [0, 0.05) is 12.3 Å². The van der Waals surface area contributed by atoms with E-state index in [2.05, 4.69) is 10.6 Å². The van der Waals surface area contributed by atoms with E-state index in [-0.39, 0.29) is 5.75 Å². The van der Waals surface area contributed by atoms with Gasteiger partial charge in [0.15, 0.2) is 0 Å². The number of sulfone groups is 1. The Labute approximate surface area is 125 Å². The molecule has 0 radical (unpaired) electrons. The Kier molecular flexibility index (Phi) is 6.00. The van der Waals surface area contributed by atoms with E-state index in [1.165, 1.54) is 0 Å². The lowest BCUT2D eigenvalue weighted by Gasteiger charge is -2.30. The average Bonchev–Trinajstić information content (AvgIpc) is 2.52. The molecule has 1 saturated carbocycles. The van der Waals surface area contributed by atoms with E-state index in [9.17, 15) is 23.1 Å². The van der Waals surface area contributed by atoms with Crippen LogP contribution in [0.1, 0.15) is 45.4 Å². The minimum Gasteiger partial charge on any atom is -0.480 e. The lowest BCUT2D eigenvalue weighted by atomic mass is 9.90. The van der Waals surface area contributed by atoms with Gasteiger partial charge in [-0.25, -0.2) is 18.0 Å². The second-order valence-corrected chi connectivity index (χ2v) is 8.08. The molecule has 0 spiro atoms. The molecule has 0 saturated heterocycles. The van der Waals surface area contributed by atoms with Crippen LogP contribution in [0.15, 0.2) is 0 Å². The summed E-state index contributed by atoms with van der Waals surface area (Å²) in [6.07, 6.45) is 5.32. The first-order valence-corrected chi connectivity index (χ1v) is 9.20. The van der Waals surface area contributed by atoms with Crippen LogP contribution in [-0.4, -0.2) is 49.1 Å². The van der Waals surface area contributed by atoms with Crippen molar-refractivity contribution in [1.29, 1.82) is 0 Å². The molecule has 1 aliphatic carbocycles. The molecule has 1 rings (SSSR count). The van der Waals surface area contributed by atoms with Crippen molar-refractivity contribution in [2.75, 3.05) is 12.0 Å². The van der Waals surface area contributed by atoms with Crippen LogP contribution in [-0.2, 0) is 14.6 Å². The summed E-state index contributed by atoms with van der Waals surface area (Å²) < 4.78 is 22.3. The van der Waals surface area contributed by atoms with Crippen molar-refractivity contribution < 1.29 is 23.1 Å². The smallest absolute Gasteiger partial charge is 0.329 e. The molecule has 21 heavy (non-hydrogen) atoms. The molecule has 3 N–H and O–H groups in total. The first-order chi connectivity index (χ1) is 9.65. The fraction of sp³-hybridized carbons (Fsp3) is 0.846. The van der Waals surface area contributed by atoms with Crippen molar-refractivity contribution >= 4 is 21.8 Å². The zero-order valence-corrected chi connectivity index (χ0v) is 13.3. The van der Waals surface area contributed by atoms with Gasteiger partial charge in [0.05, 0.1) is 5.75 Å². The Balaban J connectivity index is 2.66. The van der Waals surface area contributed by atoms with Gasteiger partial charge in [-0.3, -0.25) is 0 Å². The van der Waals surface area contributed by atoms with E-state index in [0.29, 0.717) is 12.8 Å². The van der Waals surface area contributed by atoms with Crippen molar-refractivity contribution in [2.45, 2.75) is 57.0 Å². The predicted molar refractivity (Wildman–Crippen MR) is 78.9 cm³/mol. The monoisotopic (exact) mass is 320 g/mol. The number of rotatable bonds is 5. The third-order valence-electron chi connectivity index (χ3n) is 3.65. The van der Waals surface area contributed by atoms with E-state index in [1.807, 2.05) is 0 Å². The highest BCUT2D eigenvalue weighted by atomic mass is 32.2. The molecule has 122 valence electrons. The lowest BCUT2D eigenvalue weighted by molar-refractivity contribution is -0.145. The minimum atomic E-state index is -3.20. The summed E-state index contributed by atoms with van der Waals surface area (Å²) >= 11 is 0. The van der Waals surface area contributed by atoms with Gasteiger partial charge in [-0.1, -0.05) is 25.7 Å². The standard InChI is InChI=1S/C13H24N2O5S/c1-10(9-21(2,19)20)14-12(18)15-13(11(16)17)7-5-3-4-6-8-13/h10H,3-9H2,1-2H3,(H,16,17)(H2,14,15,18). The minimum absolute atomic E-state index is 0.180. The molecule has 0 bridgehead atoms. The summed E-state index contributed by atoms with van der Waals surface area (Å²) in [6.45, 7) is 1.57. The van der Waals surface area contributed by atoms with Gasteiger partial charge < -0.3 is 15.7 Å². The molecule has 1 fully saturated rings. The van der Waals surface area contributed by atoms with Crippen molar-refractivity contribution in [1.82, 2.24) is 10.6 Å². The van der Waals surface area contributed by atoms with Gasteiger partial charge in [-0.15, -0.1) is 0 Å². The van der Waals surface area contributed by atoms with Crippen LogP contribution < -0.4 is 10.6 Å². The Morgan fingerprint density at radius 3 is 2.14 bits per heavy atom. The number of urea groups is 1. The van der Waals surface area contributed by atoms with E-state index in [1.54, 1.807) is 6.92 Å². The highest BCUT2D eigenvalue weighted by Crippen LogP contribution is 2.27. The van der Waals surface area contributed by atoms with E-state index in [4.69, 9.17) is 0 Å². The van der Waals surface area contributed by atoms with Crippen molar-refractivity contribution in [3.63, 3.8) is 0 Å². The maximum Gasteiger partial charge on any atom is 0.329 e. The van der Waals surface area contributed by atoms with Gasteiger partial charge in [0.1, 0.15) is 15.4 Å². The van der Waals surface area contributed by atoms with Crippen LogP contribution in [0.3, 0.4) is 0 Å². The van der Waals surface area contributed by atoms with Gasteiger partial charge in [0.25, 0.3) is 0 Å². The summed E-state index contributed by atoms with van der Waals surface area (Å²) in [5.74, 6) is -1.21. The molecule has 8 heteroatoms. The molecular formula is C13H24N2O5S. The van der Waals surface area contributed by atoms with Crippen LogP contribution in [0.5, 0.6) is 0 Å². The Hall–Kier alpha value is -1.31. The maximum absolute atomic E-state index is 11.9. The summed E-state index contributed by atoms with van der Waals surface area (Å²) in [5.41, 5.74) is -1.24. The Morgan fingerprint density at radius 2 is 1.71 bits per heavy atom. The van der Waals surface area contributed by atoms with E-state index >= 15 is 0 Å². The molecule has 7 nitrogen and oxygen atoms in total. The molecule has 1 atom stereocenters. The lowest BCUT2D eigenvalue weighted by Crippen LogP contribution is -2.58. The van der Waals surface area contributed by atoms with Gasteiger partial charge in [-0.2, -0.15) is 0 Å². The maximum atomic E-state index is 11.9. The largest absolute Gasteiger partial charge is 0.480 e. The summed E-state index contributed by atoms with van der Waals surface area (Å²) in [7, 11) is -3.20. The quantitative estimate of drug-likeness (QED) is 0.651. The van der Waals surface area contributed by atoms with Crippen LogP contribution in [0.25, 0.3) is 0 Å². The highest BCUT2D eigenvalue weighted by molar-refractivity contribution is 7.90. The normalized spacial score (nSPS) is 20.1. The number of carbonyl (C=O) groups excluding carboxylic acids is 1.